The van der Waals surface area contributed by atoms with Crippen molar-refractivity contribution in [2.45, 2.75) is 33.1 Å². The molecule has 1 fully saturated rings. The zero-order valence-corrected chi connectivity index (χ0v) is 11.1. The second-order valence-electron chi connectivity index (χ2n) is 4.88. The summed E-state index contributed by atoms with van der Waals surface area (Å²) in [4.78, 5) is 4.79. The summed E-state index contributed by atoms with van der Waals surface area (Å²) < 4.78 is 0. The van der Waals surface area contributed by atoms with Gasteiger partial charge in [0, 0.05) is 25.3 Å². The van der Waals surface area contributed by atoms with Gasteiger partial charge in [0.15, 0.2) is 0 Å². The summed E-state index contributed by atoms with van der Waals surface area (Å²) in [6.45, 7) is 13.1. The normalized spacial score (nSPS) is 17.2. The van der Waals surface area contributed by atoms with Crippen LogP contribution >= 0.6 is 0 Å². The largest absolute Gasteiger partial charge is 0.375 e. The second kappa shape index (κ2) is 6.74. The zero-order chi connectivity index (χ0) is 12.0. The quantitative estimate of drug-likeness (QED) is 0.638. The molecule has 0 unspecified atom stereocenters. The Bertz CT molecular complexity index is 249. The SMILES string of the molecule is C=C(/C=C(\C)N1CCCC1)CN(C)CCC. The van der Waals surface area contributed by atoms with E-state index in [1.807, 2.05) is 0 Å². The number of likely N-dealkylation sites (tertiary alicyclic amines) is 1. The first-order valence-corrected chi connectivity index (χ1v) is 6.43. The minimum Gasteiger partial charge on any atom is -0.375 e. The van der Waals surface area contributed by atoms with Gasteiger partial charge in [-0.3, -0.25) is 0 Å². The first kappa shape index (κ1) is 13.3. The summed E-state index contributed by atoms with van der Waals surface area (Å²) in [5.74, 6) is 0. The molecule has 0 saturated carbocycles. The molecule has 1 rings (SSSR count). The van der Waals surface area contributed by atoms with E-state index in [4.69, 9.17) is 0 Å². The van der Waals surface area contributed by atoms with Gasteiger partial charge in [0.25, 0.3) is 0 Å². The van der Waals surface area contributed by atoms with Crippen molar-refractivity contribution >= 4 is 0 Å². The molecule has 0 radical (unpaired) electrons. The van der Waals surface area contributed by atoms with Gasteiger partial charge in [-0.25, -0.2) is 0 Å². The fourth-order valence-electron chi connectivity index (χ4n) is 2.31. The van der Waals surface area contributed by atoms with E-state index in [0.29, 0.717) is 0 Å². The molecule has 92 valence electrons. The van der Waals surface area contributed by atoms with Gasteiger partial charge in [-0.1, -0.05) is 13.5 Å². The van der Waals surface area contributed by atoms with Crippen LogP contribution in [0.4, 0.5) is 0 Å². The highest BCUT2D eigenvalue weighted by molar-refractivity contribution is 5.20. The fraction of sp³-hybridized carbons (Fsp3) is 0.714. The molecule has 1 aliphatic rings. The third-order valence-corrected chi connectivity index (χ3v) is 3.10. The number of hydrogen-bond acceptors (Lipinski definition) is 2. The number of hydrogen-bond donors (Lipinski definition) is 0. The number of rotatable bonds is 6. The Labute approximate surface area is 101 Å². The van der Waals surface area contributed by atoms with Crippen LogP contribution in [0.5, 0.6) is 0 Å². The number of allylic oxidation sites excluding steroid dienone is 1. The van der Waals surface area contributed by atoms with E-state index in [2.05, 4.69) is 43.3 Å². The van der Waals surface area contributed by atoms with Crippen molar-refractivity contribution in [3.05, 3.63) is 23.9 Å². The van der Waals surface area contributed by atoms with Crippen LogP contribution in [0.1, 0.15) is 33.1 Å². The fourth-order valence-corrected chi connectivity index (χ4v) is 2.31. The van der Waals surface area contributed by atoms with Crippen molar-refractivity contribution in [2.24, 2.45) is 0 Å². The first-order chi connectivity index (χ1) is 7.63. The Balaban J connectivity index is 2.38. The molecule has 0 aromatic heterocycles. The van der Waals surface area contributed by atoms with E-state index >= 15 is 0 Å². The third kappa shape index (κ3) is 4.40. The van der Waals surface area contributed by atoms with Crippen LogP contribution in [-0.2, 0) is 0 Å². The molecule has 0 bridgehead atoms. The Morgan fingerprint density at radius 1 is 1.38 bits per heavy atom. The van der Waals surface area contributed by atoms with Crippen LogP contribution in [-0.4, -0.2) is 43.0 Å². The van der Waals surface area contributed by atoms with Gasteiger partial charge >= 0.3 is 0 Å². The lowest BCUT2D eigenvalue weighted by Gasteiger charge is -2.20. The van der Waals surface area contributed by atoms with E-state index in [0.717, 1.165) is 13.1 Å². The van der Waals surface area contributed by atoms with Gasteiger partial charge in [0.2, 0.25) is 0 Å². The average Bonchev–Trinajstić information content (AvgIpc) is 2.69. The van der Waals surface area contributed by atoms with E-state index in [1.54, 1.807) is 0 Å². The predicted molar refractivity (Wildman–Crippen MR) is 71.5 cm³/mol. The molecule has 1 heterocycles. The highest BCUT2D eigenvalue weighted by atomic mass is 15.1. The van der Waals surface area contributed by atoms with E-state index in [-0.39, 0.29) is 0 Å². The Morgan fingerprint density at radius 2 is 2.00 bits per heavy atom. The summed E-state index contributed by atoms with van der Waals surface area (Å²) in [6.07, 6.45) is 6.14. The molecular formula is C14H26N2. The number of likely N-dealkylation sites (N-methyl/N-ethyl adjacent to an activating group) is 1. The Hall–Kier alpha value is -0.760. The highest BCUT2D eigenvalue weighted by Gasteiger charge is 2.11. The van der Waals surface area contributed by atoms with E-state index in [9.17, 15) is 0 Å². The van der Waals surface area contributed by atoms with E-state index < -0.39 is 0 Å². The van der Waals surface area contributed by atoms with Gasteiger partial charge < -0.3 is 9.80 Å². The van der Waals surface area contributed by atoms with Gasteiger partial charge in [-0.15, -0.1) is 0 Å². The van der Waals surface area contributed by atoms with Crippen LogP contribution in [0.25, 0.3) is 0 Å². The minimum atomic E-state index is 0.985. The van der Waals surface area contributed by atoms with Crippen LogP contribution in [0.2, 0.25) is 0 Å². The highest BCUT2D eigenvalue weighted by Crippen LogP contribution is 2.15. The standard InChI is InChI=1S/C14H26N2/c1-5-8-15(4)12-13(2)11-14(3)16-9-6-7-10-16/h11H,2,5-10,12H2,1,3-4H3/b14-11+. The first-order valence-electron chi connectivity index (χ1n) is 6.43. The molecule has 2 nitrogen and oxygen atoms in total. The zero-order valence-electron chi connectivity index (χ0n) is 11.1. The summed E-state index contributed by atoms with van der Waals surface area (Å²) in [7, 11) is 2.16. The van der Waals surface area contributed by atoms with Gasteiger partial charge in [-0.05, 0) is 51.4 Å². The smallest absolute Gasteiger partial charge is 0.0225 e. The van der Waals surface area contributed by atoms with Crippen molar-refractivity contribution in [3.8, 4) is 0 Å². The molecule has 0 amide bonds. The van der Waals surface area contributed by atoms with Crippen molar-refractivity contribution < 1.29 is 0 Å². The van der Waals surface area contributed by atoms with Crippen molar-refractivity contribution in [1.82, 2.24) is 9.80 Å². The molecule has 0 aromatic rings. The molecule has 0 N–H and O–H groups in total. The topological polar surface area (TPSA) is 6.48 Å². The number of nitrogens with zero attached hydrogens (tertiary/aromatic N) is 2. The minimum absolute atomic E-state index is 0.985. The lowest BCUT2D eigenvalue weighted by atomic mass is 10.2. The maximum Gasteiger partial charge on any atom is 0.0225 e. The van der Waals surface area contributed by atoms with Crippen LogP contribution in [0.3, 0.4) is 0 Å². The van der Waals surface area contributed by atoms with Crippen molar-refractivity contribution in [3.63, 3.8) is 0 Å². The van der Waals surface area contributed by atoms with Gasteiger partial charge in [0.05, 0.1) is 0 Å². The molecule has 0 atom stereocenters. The maximum absolute atomic E-state index is 4.14. The molecule has 1 saturated heterocycles. The monoisotopic (exact) mass is 222 g/mol. The Morgan fingerprint density at radius 3 is 2.56 bits per heavy atom. The molecule has 1 aliphatic heterocycles. The predicted octanol–water partition coefficient (Wildman–Crippen LogP) is 2.88. The van der Waals surface area contributed by atoms with Crippen LogP contribution < -0.4 is 0 Å². The summed E-state index contributed by atoms with van der Waals surface area (Å²) in [5, 5.41) is 0. The third-order valence-electron chi connectivity index (χ3n) is 3.10. The summed E-state index contributed by atoms with van der Waals surface area (Å²) >= 11 is 0. The van der Waals surface area contributed by atoms with Crippen molar-refractivity contribution in [2.75, 3.05) is 33.2 Å². The molecule has 0 aromatic carbocycles. The van der Waals surface area contributed by atoms with Crippen LogP contribution in [0.15, 0.2) is 23.9 Å². The van der Waals surface area contributed by atoms with Crippen LogP contribution in [0, 0.1) is 0 Å². The van der Waals surface area contributed by atoms with E-state index in [1.165, 1.54) is 43.6 Å². The van der Waals surface area contributed by atoms with Gasteiger partial charge in [0.1, 0.15) is 0 Å². The molecule has 16 heavy (non-hydrogen) atoms. The second-order valence-corrected chi connectivity index (χ2v) is 4.88. The van der Waals surface area contributed by atoms with Crippen molar-refractivity contribution in [1.29, 1.82) is 0 Å². The average molecular weight is 222 g/mol. The molecule has 2 heteroatoms. The Kier molecular flexibility index (Phi) is 5.61. The summed E-state index contributed by atoms with van der Waals surface area (Å²) in [6, 6.07) is 0. The lowest BCUT2D eigenvalue weighted by molar-refractivity contribution is 0.364. The van der Waals surface area contributed by atoms with Gasteiger partial charge in [-0.2, -0.15) is 0 Å². The molecule has 0 aliphatic carbocycles. The lowest BCUT2D eigenvalue weighted by Crippen LogP contribution is -2.22. The molecule has 0 spiro atoms. The molecular weight excluding hydrogens is 196 g/mol. The maximum atomic E-state index is 4.14. The summed E-state index contributed by atoms with van der Waals surface area (Å²) in [5.41, 5.74) is 2.60.